The first kappa shape index (κ1) is 13.2. The maximum absolute atomic E-state index is 11.4. The molecule has 0 bridgehead atoms. The lowest BCUT2D eigenvalue weighted by Gasteiger charge is -2.19. The molecular formula is C10H16N2O3. The number of likely N-dealkylation sites (N-methyl/N-ethyl adjacent to an activating group) is 1. The summed E-state index contributed by atoms with van der Waals surface area (Å²) >= 11 is 0. The molecule has 0 heterocycles. The summed E-state index contributed by atoms with van der Waals surface area (Å²) in [6.07, 6.45) is 3.21. The molecule has 2 N–H and O–H groups in total. The normalized spacial score (nSPS) is 11.3. The molecule has 2 amide bonds. The van der Waals surface area contributed by atoms with E-state index in [1.807, 2.05) is 0 Å². The van der Waals surface area contributed by atoms with Gasteiger partial charge in [0, 0.05) is 13.6 Å². The fourth-order valence-electron chi connectivity index (χ4n) is 0.924. The van der Waals surface area contributed by atoms with E-state index < -0.39 is 18.0 Å². The summed E-state index contributed by atoms with van der Waals surface area (Å²) in [4.78, 5) is 23.4. The van der Waals surface area contributed by atoms with Gasteiger partial charge in [-0.15, -0.1) is 13.2 Å². The molecule has 0 aliphatic rings. The Bertz CT molecular complexity index is 263. The van der Waals surface area contributed by atoms with Crippen LogP contribution in [0, 0.1) is 0 Å². The van der Waals surface area contributed by atoms with Crippen molar-refractivity contribution in [2.45, 2.75) is 12.5 Å². The van der Waals surface area contributed by atoms with Gasteiger partial charge >= 0.3 is 12.0 Å². The van der Waals surface area contributed by atoms with Gasteiger partial charge in [0.25, 0.3) is 0 Å². The van der Waals surface area contributed by atoms with E-state index in [1.54, 1.807) is 13.1 Å². The van der Waals surface area contributed by atoms with Crippen molar-refractivity contribution in [1.29, 1.82) is 0 Å². The summed E-state index contributed by atoms with van der Waals surface area (Å²) in [6.45, 7) is 7.27. The Morgan fingerprint density at radius 3 is 2.47 bits per heavy atom. The van der Waals surface area contributed by atoms with E-state index in [9.17, 15) is 9.59 Å². The summed E-state index contributed by atoms with van der Waals surface area (Å²) in [5, 5.41) is 11.1. The molecule has 1 atom stereocenters. The number of nitrogens with zero attached hydrogens (tertiary/aromatic N) is 1. The minimum absolute atomic E-state index is 0.197. The zero-order chi connectivity index (χ0) is 11.8. The molecule has 0 saturated heterocycles. The fraction of sp³-hybridized carbons (Fsp3) is 0.400. The smallest absolute Gasteiger partial charge is 0.326 e. The van der Waals surface area contributed by atoms with Crippen LogP contribution < -0.4 is 5.32 Å². The zero-order valence-corrected chi connectivity index (χ0v) is 8.77. The average Bonchev–Trinajstić information content (AvgIpc) is 2.17. The van der Waals surface area contributed by atoms with Crippen molar-refractivity contribution < 1.29 is 14.7 Å². The quantitative estimate of drug-likeness (QED) is 0.641. The second-order valence-corrected chi connectivity index (χ2v) is 3.03. The van der Waals surface area contributed by atoms with Crippen LogP contribution in [0.5, 0.6) is 0 Å². The van der Waals surface area contributed by atoms with Crippen molar-refractivity contribution in [2.24, 2.45) is 0 Å². The number of rotatable bonds is 6. The standard InChI is InChI=1S/C10H16N2O3/c1-4-6-8(9(13)14)11-10(15)12(3)7-5-2/h4-5,8H,1-2,6-7H2,3H3,(H,11,15)(H,13,14). The van der Waals surface area contributed by atoms with Crippen LogP contribution in [0.3, 0.4) is 0 Å². The number of hydrogen-bond acceptors (Lipinski definition) is 2. The number of carboxylic acid groups (broad SMARTS) is 1. The van der Waals surface area contributed by atoms with E-state index in [2.05, 4.69) is 18.5 Å². The fourth-order valence-corrected chi connectivity index (χ4v) is 0.924. The second-order valence-electron chi connectivity index (χ2n) is 3.03. The molecule has 0 aromatic heterocycles. The lowest BCUT2D eigenvalue weighted by molar-refractivity contribution is -0.139. The molecule has 15 heavy (non-hydrogen) atoms. The topological polar surface area (TPSA) is 69.6 Å². The van der Waals surface area contributed by atoms with E-state index in [-0.39, 0.29) is 6.42 Å². The average molecular weight is 212 g/mol. The molecule has 0 aliphatic heterocycles. The van der Waals surface area contributed by atoms with Crippen LogP contribution in [0.1, 0.15) is 6.42 Å². The molecule has 5 nitrogen and oxygen atoms in total. The van der Waals surface area contributed by atoms with Crippen molar-refractivity contribution in [2.75, 3.05) is 13.6 Å². The van der Waals surface area contributed by atoms with Crippen LogP contribution in [0.4, 0.5) is 4.79 Å². The predicted molar refractivity (Wildman–Crippen MR) is 57.6 cm³/mol. The largest absolute Gasteiger partial charge is 0.480 e. The highest BCUT2D eigenvalue weighted by molar-refractivity contribution is 5.82. The molecule has 0 spiro atoms. The number of urea groups is 1. The molecule has 84 valence electrons. The number of carbonyl (C=O) groups excluding carboxylic acids is 1. The van der Waals surface area contributed by atoms with Gasteiger partial charge in [-0.25, -0.2) is 9.59 Å². The Morgan fingerprint density at radius 1 is 1.47 bits per heavy atom. The minimum Gasteiger partial charge on any atom is -0.480 e. The van der Waals surface area contributed by atoms with Gasteiger partial charge in [0.2, 0.25) is 0 Å². The van der Waals surface area contributed by atoms with Crippen molar-refractivity contribution in [3.8, 4) is 0 Å². The first-order valence-electron chi connectivity index (χ1n) is 4.49. The predicted octanol–water partition coefficient (Wildman–Crippen LogP) is 0.843. The van der Waals surface area contributed by atoms with E-state index in [4.69, 9.17) is 5.11 Å². The Labute approximate surface area is 89.1 Å². The van der Waals surface area contributed by atoms with E-state index >= 15 is 0 Å². The van der Waals surface area contributed by atoms with Gasteiger partial charge in [-0.05, 0) is 6.42 Å². The monoisotopic (exact) mass is 212 g/mol. The molecule has 5 heteroatoms. The number of carbonyl (C=O) groups is 2. The molecule has 1 unspecified atom stereocenters. The van der Waals surface area contributed by atoms with Crippen LogP contribution in [0.2, 0.25) is 0 Å². The Morgan fingerprint density at radius 2 is 2.07 bits per heavy atom. The maximum Gasteiger partial charge on any atom is 0.326 e. The third kappa shape index (κ3) is 4.85. The molecule has 0 aliphatic carbocycles. The van der Waals surface area contributed by atoms with E-state index in [0.717, 1.165) is 0 Å². The lowest BCUT2D eigenvalue weighted by atomic mass is 10.2. The maximum atomic E-state index is 11.4. The highest BCUT2D eigenvalue weighted by atomic mass is 16.4. The first-order valence-corrected chi connectivity index (χ1v) is 4.49. The lowest BCUT2D eigenvalue weighted by Crippen LogP contribution is -2.46. The van der Waals surface area contributed by atoms with E-state index in [1.165, 1.54) is 11.0 Å². The molecule has 0 saturated carbocycles. The number of nitrogens with one attached hydrogen (secondary N) is 1. The van der Waals surface area contributed by atoms with Gasteiger partial charge in [-0.2, -0.15) is 0 Å². The summed E-state index contributed by atoms with van der Waals surface area (Å²) in [5.74, 6) is -1.07. The Kier molecular flexibility index (Phi) is 5.85. The Balaban J connectivity index is 4.27. The van der Waals surface area contributed by atoms with Gasteiger partial charge in [0.15, 0.2) is 0 Å². The number of aliphatic carboxylic acids is 1. The second kappa shape index (κ2) is 6.64. The highest BCUT2D eigenvalue weighted by Crippen LogP contribution is 1.95. The van der Waals surface area contributed by atoms with Crippen LogP contribution >= 0.6 is 0 Å². The third-order valence-corrected chi connectivity index (χ3v) is 1.75. The molecule has 0 aromatic rings. The molecule has 0 aromatic carbocycles. The van der Waals surface area contributed by atoms with Crippen LogP contribution in [-0.4, -0.2) is 41.6 Å². The summed E-state index contributed by atoms with van der Waals surface area (Å²) in [6, 6.07) is -1.37. The Hall–Kier alpha value is -1.78. The highest BCUT2D eigenvalue weighted by Gasteiger charge is 2.19. The van der Waals surface area contributed by atoms with Gasteiger partial charge in [0.05, 0.1) is 0 Å². The van der Waals surface area contributed by atoms with E-state index in [0.29, 0.717) is 6.54 Å². The van der Waals surface area contributed by atoms with Gasteiger partial charge in [0.1, 0.15) is 6.04 Å². The van der Waals surface area contributed by atoms with Crippen molar-refractivity contribution in [3.63, 3.8) is 0 Å². The van der Waals surface area contributed by atoms with Gasteiger partial charge in [-0.3, -0.25) is 0 Å². The van der Waals surface area contributed by atoms with Gasteiger partial charge < -0.3 is 15.3 Å². The summed E-state index contributed by atoms with van der Waals surface area (Å²) in [7, 11) is 1.56. The number of amides is 2. The van der Waals surface area contributed by atoms with Crippen molar-refractivity contribution >= 4 is 12.0 Å². The molecular weight excluding hydrogens is 196 g/mol. The first-order chi connectivity index (χ1) is 7.02. The molecule has 0 radical (unpaired) electrons. The zero-order valence-electron chi connectivity index (χ0n) is 8.77. The summed E-state index contributed by atoms with van der Waals surface area (Å²) < 4.78 is 0. The number of carboxylic acids is 1. The molecule has 0 fully saturated rings. The van der Waals surface area contributed by atoms with Crippen molar-refractivity contribution in [1.82, 2.24) is 10.2 Å². The van der Waals surface area contributed by atoms with Crippen LogP contribution in [0.25, 0.3) is 0 Å². The van der Waals surface area contributed by atoms with Crippen molar-refractivity contribution in [3.05, 3.63) is 25.3 Å². The summed E-state index contributed by atoms with van der Waals surface area (Å²) in [5.41, 5.74) is 0. The third-order valence-electron chi connectivity index (χ3n) is 1.75. The molecule has 0 rings (SSSR count). The minimum atomic E-state index is -1.07. The van der Waals surface area contributed by atoms with Gasteiger partial charge in [-0.1, -0.05) is 12.2 Å². The number of hydrogen-bond donors (Lipinski definition) is 2. The van der Waals surface area contributed by atoms with Crippen LogP contribution in [0.15, 0.2) is 25.3 Å². The SMILES string of the molecule is C=CCC(NC(=O)N(C)CC=C)C(=O)O. The van der Waals surface area contributed by atoms with Crippen LogP contribution in [-0.2, 0) is 4.79 Å².